The Morgan fingerprint density at radius 3 is 3.04 bits per heavy atom. The lowest BCUT2D eigenvalue weighted by molar-refractivity contribution is -0.0212. The SMILES string of the molecule is CC1CN(Cc2cccc(CNC(=O)c3cnc(-c4cccs4)s3)c2)CCO1. The summed E-state index contributed by atoms with van der Waals surface area (Å²) in [7, 11) is 0. The summed E-state index contributed by atoms with van der Waals surface area (Å²) < 4.78 is 5.61. The Bertz CT molecular complexity index is 923. The molecule has 1 aliphatic rings. The van der Waals surface area contributed by atoms with Crippen molar-refractivity contribution in [1.29, 1.82) is 0 Å². The predicted octanol–water partition coefficient (Wildman–Crippen LogP) is 4.02. The van der Waals surface area contributed by atoms with Gasteiger partial charge >= 0.3 is 0 Å². The van der Waals surface area contributed by atoms with Crippen LogP contribution in [-0.2, 0) is 17.8 Å². The van der Waals surface area contributed by atoms with Gasteiger partial charge in [0.15, 0.2) is 0 Å². The van der Waals surface area contributed by atoms with Gasteiger partial charge in [0.05, 0.1) is 23.8 Å². The zero-order valence-electron chi connectivity index (χ0n) is 15.8. The van der Waals surface area contributed by atoms with Gasteiger partial charge in [-0.3, -0.25) is 9.69 Å². The van der Waals surface area contributed by atoms with E-state index in [1.807, 2.05) is 17.5 Å². The summed E-state index contributed by atoms with van der Waals surface area (Å²) in [5.74, 6) is -0.0762. The van der Waals surface area contributed by atoms with Gasteiger partial charge in [0.2, 0.25) is 0 Å². The first-order valence-corrected chi connectivity index (χ1v) is 11.1. The molecule has 0 bridgehead atoms. The zero-order valence-corrected chi connectivity index (χ0v) is 17.4. The summed E-state index contributed by atoms with van der Waals surface area (Å²) in [5, 5.41) is 5.92. The smallest absolute Gasteiger partial charge is 0.263 e. The highest BCUT2D eigenvalue weighted by molar-refractivity contribution is 7.21. The fourth-order valence-corrected chi connectivity index (χ4v) is 4.93. The first-order valence-electron chi connectivity index (χ1n) is 9.37. The van der Waals surface area contributed by atoms with E-state index in [1.54, 1.807) is 17.5 Å². The van der Waals surface area contributed by atoms with Crippen LogP contribution in [0.4, 0.5) is 0 Å². The minimum Gasteiger partial charge on any atom is -0.376 e. The first kappa shape index (κ1) is 19.3. The number of morpholine rings is 1. The van der Waals surface area contributed by atoms with E-state index in [1.165, 1.54) is 16.9 Å². The normalized spacial score (nSPS) is 17.5. The highest BCUT2D eigenvalue weighted by Gasteiger charge is 2.17. The second-order valence-electron chi connectivity index (χ2n) is 6.93. The van der Waals surface area contributed by atoms with E-state index in [0.29, 0.717) is 11.4 Å². The molecule has 1 N–H and O–H groups in total. The van der Waals surface area contributed by atoms with Crippen molar-refractivity contribution < 1.29 is 9.53 Å². The highest BCUT2D eigenvalue weighted by atomic mass is 32.1. The number of nitrogens with one attached hydrogen (secondary N) is 1. The first-order chi connectivity index (χ1) is 13.7. The van der Waals surface area contributed by atoms with Crippen LogP contribution in [0.3, 0.4) is 0 Å². The number of carbonyl (C=O) groups excluding carboxylic acids is 1. The lowest BCUT2D eigenvalue weighted by atomic mass is 10.1. The summed E-state index contributed by atoms with van der Waals surface area (Å²) >= 11 is 3.06. The molecule has 3 heterocycles. The quantitative estimate of drug-likeness (QED) is 0.663. The molecule has 1 atom stereocenters. The third-order valence-electron chi connectivity index (χ3n) is 4.64. The molecule has 1 amide bonds. The van der Waals surface area contributed by atoms with Crippen molar-refractivity contribution in [2.24, 2.45) is 0 Å². The van der Waals surface area contributed by atoms with Crippen LogP contribution < -0.4 is 5.32 Å². The number of thiophene rings is 1. The molecular formula is C21H23N3O2S2. The van der Waals surface area contributed by atoms with Crippen molar-refractivity contribution in [3.05, 3.63) is 64.0 Å². The molecule has 0 aliphatic carbocycles. The van der Waals surface area contributed by atoms with Gasteiger partial charge in [-0.1, -0.05) is 30.3 Å². The fraction of sp³-hybridized carbons (Fsp3) is 0.333. The molecule has 5 nitrogen and oxygen atoms in total. The maximum Gasteiger partial charge on any atom is 0.263 e. The second-order valence-corrected chi connectivity index (χ2v) is 8.90. The minimum atomic E-state index is -0.0762. The number of hydrogen-bond acceptors (Lipinski definition) is 6. The molecule has 1 saturated heterocycles. The minimum absolute atomic E-state index is 0.0762. The Morgan fingerprint density at radius 1 is 1.32 bits per heavy atom. The van der Waals surface area contributed by atoms with E-state index in [2.05, 4.69) is 46.4 Å². The van der Waals surface area contributed by atoms with Gasteiger partial charge in [-0.05, 0) is 29.5 Å². The molecule has 0 spiro atoms. The van der Waals surface area contributed by atoms with Crippen LogP contribution in [0, 0.1) is 0 Å². The monoisotopic (exact) mass is 413 g/mol. The molecule has 1 aliphatic heterocycles. The number of carbonyl (C=O) groups is 1. The van der Waals surface area contributed by atoms with Crippen LogP contribution in [-0.4, -0.2) is 41.6 Å². The Morgan fingerprint density at radius 2 is 2.21 bits per heavy atom. The maximum atomic E-state index is 12.5. The van der Waals surface area contributed by atoms with Gasteiger partial charge in [0.25, 0.3) is 5.91 Å². The van der Waals surface area contributed by atoms with E-state index in [4.69, 9.17) is 4.74 Å². The summed E-state index contributed by atoms with van der Waals surface area (Å²) in [6.07, 6.45) is 1.94. The number of benzene rings is 1. The van der Waals surface area contributed by atoms with Gasteiger partial charge < -0.3 is 10.1 Å². The molecule has 146 valence electrons. The third-order valence-corrected chi connectivity index (χ3v) is 6.67. The van der Waals surface area contributed by atoms with Crippen molar-refractivity contribution in [3.8, 4) is 9.88 Å². The van der Waals surface area contributed by atoms with Crippen molar-refractivity contribution in [3.63, 3.8) is 0 Å². The number of rotatable bonds is 6. The summed E-state index contributed by atoms with van der Waals surface area (Å²) in [6.45, 7) is 6.25. The van der Waals surface area contributed by atoms with Crippen LogP contribution >= 0.6 is 22.7 Å². The molecule has 2 aromatic heterocycles. The lowest BCUT2D eigenvalue weighted by Crippen LogP contribution is -2.40. The van der Waals surface area contributed by atoms with E-state index in [0.717, 1.165) is 41.7 Å². The van der Waals surface area contributed by atoms with Crippen molar-refractivity contribution in [2.45, 2.75) is 26.1 Å². The molecule has 7 heteroatoms. The van der Waals surface area contributed by atoms with E-state index in [-0.39, 0.29) is 12.0 Å². The molecule has 0 saturated carbocycles. The molecule has 28 heavy (non-hydrogen) atoms. The number of ether oxygens (including phenoxy) is 1. The molecular weight excluding hydrogens is 390 g/mol. The van der Waals surface area contributed by atoms with E-state index in [9.17, 15) is 4.79 Å². The maximum absolute atomic E-state index is 12.5. The lowest BCUT2D eigenvalue weighted by Gasteiger charge is -2.31. The van der Waals surface area contributed by atoms with Crippen LogP contribution in [0.15, 0.2) is 48.0 Å². The number of nitrogens with zero attached hydrogens (tertiary/aromatic N) is 2. The molecule has 1 unspecified atom stereocenters. The number of thiazole rings is 1. The zero-order chi connectivity index (χ0) is 19.3. The van der Waals surface area contributed by atoms with Gasteiger partial charge in [0.1, 0.15) is 9.88 Å². The number of amides is 1. The summed E-state index contributed by atoms with van der Waals surface area (Å²) in [6, 6.07) is 12.4. The van der Waals surface area contributed by atoms with Crippen molar-refractivity contribution in [2.75, 3.05) is 19.7 Å². The van der Waals surface area contributed by atoms with Gasteiger partial charge in [-0.15, -0.1) is 22.7 Å². The Balaban J connectivity index is 1.34. The van der Waals surface area contributed by atoms with Crippen molar-refractivity contribution in [1.82, 2.24) is 15.2 Å². The molecule has 1 aromatic carbocycles. The largest absolute Gasteiger partial charge is 0.376 e. The topological polar surface area (TPSA) is 54.5 Å². The fourth-order valence-electron chi connectivity index (χ4n) is 3.29. The Kier molecular flexibility index (Phi) is 6.17. The molecule has 4 rings (SSSR count). The van der Waals surface area contributed by atoms with Crippen LogP contribution in [0.1, 0.15) is 27.7 Å². The number of aromatic nitrogens is 1. The number of hydrogen-bond donors (Lipinski definition) is 1. The third kappa shape index (κ3) is 4.86. The molecule has 0 radical (unpaired) electrons. The van der Waals surface area contributed by atoms with Crippen LogP contribution in [0.25, 0.3) is 9.88 Å². The molecule has 1 fully saturated rings. The van der Waals surface area contributed by atoms with Gasteiger partial charge in [-0.25, -0.2) is 4.98 Å². The standard InChI is InChI=1S/C21H23N3O2S2/c1-15-13-24(7-8-26-15)14-17-5-2-4-16(10-17)11-22-20(25)19-12-23-21(28-19)18-6-3-9-27-18/h2-6,9-10,12,15H,7-8,11,13-14H2,1H3,(H,22,25). The average Bonchev–Trinajstić information content (AvgIpc) is 3.38. The Labute approximate surface area is 173 Å². The van der Waals surface area contributed by atoms with E-state index >= 15 is 0 Å². The summed E-state index contributed by atoms with van der Waals surface area (Å²) in [5.41, 5.74) is 2.37. The van der Waals surface area contributed by atoms with E-state index < -0.39 is 0 Å². The van der Waals surface area contributed by atoms with Crippen LogP contribution in [0.2, 0.25) is 0 Å². The second kappa shape index (κ2) is 8.96. The Hall–Kier alpha value is -2.06. The van der Waals surface area contributed by atoms with Crippen molar-refractivity contribution >= 4 is 28.6 Å². The predicted molar refractivity (Wildman–Crippen MR) is 114 cm³/mol. The highest BCUT2D eigenvalue weighted by Crippen LogP contribution is 2.28. The summed E-state index contributed by atoms with van der Waals surface area (Å²) in [4.78, 5) is 21.0. The van der Waals surface area contributed by atoms with Gasteiger partial charge in [-0.2, -0.15) is 0 Å². The molecule has 3 aromatic rings. The average molecular weight is 414 g/mol. The van der Waals surface area contributed by atoms with Gasteiger partial charge in [0, 0.05) is 26.2 Å². The van der Waals surface area contributed by atoms with Crippen LogP contribution in [0.5, 0.6) is 0 Å².